The molecule has 1 heterocycles. The number of sulfonamides is 1. The van der Waals surface area contributed by atoms with Gasteiger partial charge in [-0.25, -0.2) is 13.1 Å². The van der Waals surface area contributed by atoms with E-state index in [4.69, 9.17) is 11.6 Å². The van der Waals surface area contributed by atoms with E-state index < -0.39 is 10.0 Å². The average Bonchev–Trinajstić information content (AvgIpc) is 2.42. The number of benzene rings is 1. The molecule has 0 aromatic heterocycles. The van der Waals surface area contributed by atoms with E-state index in [-0.39, 0.29) is 5.25 Å². The highest BCUT2D eigenvalue weighted by molar-refractivity contribution is 7.90. The number of rotatable bonds is 5. The Morgan fingerprint density at radius 2 is 1.84 bits per heavy atom. The van der Waals surface area contributed by atoms with Crippen LogP contribution in [0.15, 0.2) is 24.3 Å². The average molecular weight is 303 g/mol. The number of hydrogen-bond acceptors (Lipinski definition) is 3. The van der Waals surface area contributed by atoms with E-state index in [0.717, 1.165) is 18.7 Å². The van der Waals surface area contributed by atoms with Gasteiger partial charge in [0.1, 0.15) is 0 Å². The van der Waals surface area contributed by atoms with Crippen molar-refractivity contribution in [3.05, 3.63) is 34.9 Å². The van der Waals surface area contributed by atoms with Crippen molar-refractivity contribution in [2.75, 3.05) is 19.6 Å². The Morgan fingerprint density at radius 1 is 1.21 bits per heavy atom. The Bertz CT molecular complexity index is 496. The number of nitrogens with one attached hydrogen (secondary N) is 2. The first kappa shape index (κ1) is 14.8. The monoisotopic (exact) mass is 302 g/mol. The maximum Gasteiger partial charge on any atom is 0.214 e. The summed E-state index contributed by atoms with van der Waals surface area (Å²) in [4.78, 5) is 0. The van der Waals surface area contributed by atoms with Crippen molar-refractivity contribution in [3.63, 3.8) is 0 Å². The molecule has 19 heavy (non-hydrogen) atoms. The summed E-state index contributed by atoms with van der Waals surface area (Å²) in [6, 6.07) is 7.47. The molecule has 1 saturated heterocycles. The molecule has 0 unspecified atom stereocenters. The number of piperidine rings is 1. The third-order valence-corrected chi connectivity index (χ3v) is 5.56. The van der Waals surface area contributed by atoms with Crippen LogP contribution in [0, 0.1) is 0 Å². The molecular weight excluding hydrogens is 284 g/mol. The Morgan fingerprint density at radius 3 is 2.47 bits per heavy atom. The van der Waals surface area contributed by atoms with Crippen LogP contribution in [0.2, 0.25) is 5.02 Å². The zero-order valence-corrected chi connectivity index (χ0v) is 12.3. The highest BCUT2D eigenvalue weighted by atomic mass is 35.5. The van der Waals surface area contributed by atoms with Gasteiger partial charge in [0.25, 0.3) is 0 Å². The van der Waals surface area contributed by atoms with Gasteiger partial charge in [-0.2, -0.15) is 0 Å². The molecule has 0 amide bonds. The van der Waals surface area contributed by atoms with Gasteiger partial charge in [0.05, 0.1) is 5.25 Å². The van der Waals surface area contributed by atoms with Crippen molar-refractivity contribution in [1.82, 2.24) is 10.0 Å². The molecular formula is C13H19ClN2O2S. The molecule has 0 aliphatic carbocycles. The summed E-state index contributed by atoms with van der Waals surface area (Å²) >= 11 is 5.80. The lowest BCUT2D eigenvalue weighted by molar-refractivity contribution is 0.489. The second kappa shape index (κ2) is 6.70. The molecule has 6 heteroatoms. The number of halogens is 1. The third-order valence-electron chi connectivity index (χ3n) is 3.36. The van der Waals surface area contributed by atoms with Gasteiger partial charge in [-0.3, -0.25) is 0 Å². The Balaban J connectivity index is 1.82. The lowest BCUT2D eigenvalue weighted by atomic mass is 10.2. The van der Waals surface area contributed by atoms with Crippen molar-refractivity contribution in [3.8, 4) is 0 Å². The van der Waals surface area contributed by atoms with Gasteiger partial charge in [0.15, 0.2) is 0 Å². The fraction of sp³-hybridized carbons (Fsp3) is 0.538. The van der Waals surface area contributed by atoms with Crippen molar-refractivity contribution >= 4 is 21.6 Å². The Labute approximate surface area is 119 Å². The molecule has 1 aliphatic rings. The number of hydrogen-bond donors (Lipinski definition) is 2. The van der Waals surface area contributed by atoms with Crippen LogP contribution in [0.5, 0.6) is 0 Å². The molecule has 2 rings (SSSR count). The molecule has 0 radical (unpaired) electrons. The van der Waals surface area contributed by atoms with Crippen LogP contribution < -0.4 is 10.0 Å². The minimum atomic E-state index is -3.18. The van der Waals surface area contributed by atoms with Crippen LogP contribution in [0.1, 0.15) is 18.4 Å². The predicted molar refractivity (Wildman–Crippen MR) is 78.0 cm³/mol. The van der Waals surface area contributed by atoms with Gasteiger partial charge in [-0.1, -0.05) is 23.7 Å². The van der Waals surface area contributed by atoms with Gasteiger partial charge in [0.2, 0.25) is 10.0 Å². The Hall–Kier alpha value is -0.620. The van der Waals surface area contributed by atoms with Crippen LogP contribution in [-0.2, 0) is 16.4 Å². The minimum Gasteiger partial charge on any atom is -0.317 e. The smallest absolute Gasteiger partial charge is 0.214 e. The minimum absolute atomic E-state index is 0.251. The molecule has 1 aromatic carbocycles. The summed E-state index contributed by atoms with van der Waals surface area (Å²) in [6.45, 7) is 2.00. The van der Waals surface area contributed by atoms with Crippen molar-refractivity contribution in [2.24, 2.45) is 0 Å². The molecule has 4 nitrogen and oxygen atoms in total. The van der Waals surface area contributed by atoms with E-state index in [1.54, 1.807) is 0 Å². The van der Waals surface area contributed by atoms with Crippen LogP contribution in [0.4, 0.5) is 0 Å². The maximum absolute atomic E-state index is 12.1. The third kappa shape index (κ3) is 4.45. The first-order valence-electron chi connectivity index (χ1n) is 6.51. The van der Waals surface area contributed by atoms with Crippen LogP contribution in [0.3, 0.4) is 0 Å². The molecule has 1 aromatic rings. The second-order valence-electron chi connectivity index (χ2n) is 4.77. The fourth-order valence-corrected chi connectivity index (χ4v) is 3.82. The maximum atomic E-state index is 12.1. The van der Waals surface area contributed by atoms with Gasteiger partial charge in [0, 0.05) is 11.6 Å². The lowest BCUT2D eigenvalue weighted by Crippen LogP contribution is -2.42. The quantitative estimate of drug-likeness (QED) is 0.868. The molecule has 2 N–H and O–H groups in total. The van der Waals surface area contributed by atoms with E-state index in [1.165, 1.54) is 0 Å². The largest absolute Gasteiger partial charge is 0.317 e. The van der Waals surface area contributed by atoms with E-state index in [0.29, 0.717) is 30.8 Å². The Kier molecular flexibility index (Phi) is 5.21. The molecule has 0 saturated carbocycles. The summed E-state index contributed by atoms with van der Waals surface area (Å²) in [5.74, 6) is 0. The van der Waals surface area contributed by atoms with Gasteiger partial charge < -0.3 is 5.32 Å². The van der Waals surface area contributed by atoms with Gasteiger partial charge in [-0.05, 0) is 50.0 Å². The van der Waals surface area contributed by atoms with Crippen molar-refractivity contribution < 1.29 is 8.42 Å². The summed E-state index contributed by atoms with van der Waals surface area (Å²) in [7, 11) is -3.18. The van der Waals surface area contributed by atoms with Crippen LogP contribution >= 0.6 is 11.6 Å². The van der Waals surface area contributed by atoms with Gasteiger partial charge >= 0.3 is 0 Å². The molecule has 1 fully saturated rings. The second-order valence-corrected chi connectivity index (χ2v) is 7.25. The van der Waals surface area contributed by atoms with Crippen molar-refractivity contribution in [2.45, 2.75) is 24.5 Å². The normalized spacial score (nSPS) is 17.5. The van der Waals surface area contributed by atoms with E-state index in [2.05, 4.69) is 10.0 Å². The van der Waals surface area contributed by atoms with E-state index >= 15 is 0 Å². The summed E-state index contributed by atoms with van der Waals surface area (Å²) in [5.41, 5.74) is 1.08. The molecule has 1 aliphatic heterocycles. The van der Waals surface area contributed by atoms with Crippen molar-refractivity contribution in [1.29, 1.82) is 0 Å². The topological polar surface area (TPSA) is 58.2 Å². The zero-order valence-electron chi connectivity index (χ0n) is 10.7. The first-order chi connectivity index (χ1) is 9.08. The fourth-order valence-electron chi connectivity index (χ4n) is 2.21. The summed E-state index contributed by atoms with van der Waals surface area (Å²) in [6.07, 6.45) is 2.06. The summed E-state index contributed by atoms with van der Waals surface area (Å²) in [5, 5.41) is 3.61. The highest BCUT2D eigenvalue weighted by Crippen LogP contribution is 2.12. The first-order valence-corrected chi connectivity index (χ1v) is 8.44. The molecule has 0 atom stereocenters. The van der Waals surface area contributed by atoms with Gasteiger partial charge in [-0.15, -0.1) is 0 Å². The molecule has 106 valence electrons. The highest BCUT2D eigenvalue weighted by Gasteiger charge is 2.26. The zero-order chi connectivity index (χ0) is 13.7. The standard InChI is InChI=1S/C13H19ClN2O2S/c14-12-3-1-11(2-4-12)5-10-16-19(17,18)13-6-8-15-9-7-13/h1-4,13,15-16H,5-10H2. The SMILES string of the molecule is O=S(=O)(NCCc1ccc(Cl)cc1)C1CCNCC1. The summed E-state index contributed by atoms with van der Waals surface area (Å²) < 4.78 is 26.8. The predicted octanol–water partition coefficient (Wildman–Crippen LogP) is 1.55. The molecule has 0 bridgehead atoms. The lowest BCUT2D eigenvalue weighted by Gasteiger charge is -2.22. The van der Waals surface area contributed by atoms with E-state index in [9.17, 15) is 8.42 Å². The van der Waals surface area contributed by atoms with Crippen LogP contribution in [0.25, 0.3) is 0 Å². The molecule has 0 spiro atoms. The van der Waals surface area contributed by atoms with E-state index in [1.807, 2.05) is 24.3 Å². The van der Waals surface area contributed by atoms with Crippen LogP contribution in [-0.4, -0.2) is 33.3 Å².